The highest BCUT2D eigenvalue weighted by Gasteiger charge is 2.27. The van der Waals surface area contributed by atoms with Crippen molar-refractivity contribution in [3.8, 4) is 0 Å². The van der Waals surface area contributed by atoms with Gasteiger partial charge in [0.05, 0.1) is 30.9 Å². The number of nitrogens with zero attached hydrogens (tertiary/aromatic N) is 6. The summed E-state index contributed by atoms with van der Waals surface area (Å²) in [4.78, 5) is 64.1. The van der Waals surface area contributed by atoms with Gasteiger partial charge in [0.2, 0.25) is 0 Å². The number of aliphatic carboxylic acids is 5. The number of fused-ring (bicyclic) bond motifs is 11. The Hall–Kier alpha value is -15.4. The lowest BCUT2D eigenvalue weighted by atomic mass is 9.78. The molecule has 5 N–H and O–H groups in total. The number of ether oxygens (including phenoxy) is 1. The van der Waals surface area contributed by atoms with Crippen LogP contribution in [-0.2, 0) is 91.4 Å². The minimum absolute atomic E-state index is 0.0178. The van der Waals surface area contributed by atoms with Crippen molar-refractivity contribution in [2.24, 2.45) is 27.3 Å². The van der Waals surface area contributed by atoms with Crippen molar-refractivity contribution in [1.82, 2.24) is 15.0 Å². The minimum Gasteiger partial charge on any atom is -0.481 e. The van der Waals surface area contributed by atoms with Gasteiger partial charge < -0.3 is 30.3 Å². The standard InChI is InChI=1S/C17H18O2.2C16H16O2.2C15H15N3.2C14H14O2.C14H12O2/c18-17(19)11-9-13-5-3-7-16-14-6-2-1-4-12(14)8-10-15(13)16;17-16-14(9-10-18-16)8-6-12-5-7-13-3-1-2-4-15(13)11-12;17-16(18)8-11-5-6-14-9-12-3-1-2-4-13(12)10-15(14)7-11;1-2-6-15-12-13(7-8-14(15)5-1)4-3-10-18-11-9-16-17-18;1-2-6-14-10-12(8-9-13(14)5-1)4-3-7-15-11-16-18-17-15;15-14(16)10-4-8-12-7-3-6-11-5-1-2-9-13(11)12;2*15-14(16)7-3-4-11-8-9-12-5-1-2-6-13(12)10-11/h1-2,4,6,8,10,13H,3,5,7,9,11H2,(H,18,19);1-5,7,11,14H,6,8-10H2;1-4,9-11H,5-8H2,(H,17,18);1-2,5-9,11-12H,3-4,10H2;1-2,5-6,8-10H,3-4,7,11H2;1-3,5-7,9H,4,8,10H2,(H,15,16);1-2,5-6,8-10H,3-4,7H2,(H,15,16);1-6,8-10H,7H2,(H,15,16)/b;;;;;;;4-3+. The number of rotatable bonds is 27. The normalized spacial score (nSPS) is 14.3. The van der Waals surface area contributed by atoms with Crippen molar-refractivity contribution in [3.63, 3.8) is 0 Å². The molecule has 17 aromatic rings. The Morgan fingerprint density at radius 1 is 0.396 bits per heavy atom. The molecule has 18 nitrogen and oxygen atoms in total. The van der Waals surface area contributed by atoms with Gasteiger partial charge in [-0.15, -0.1) is 10.2 Å². The number of carboxylic acid groups (broad SMARTS) is 5. The first-order valence-corrected chi connectivity index (χ1v) is 48.5. The number of carboxylic acids is 5. The molecule has 2 aliphatic carbocycles. The molecule has 0 spiro atoms. The van der Waals surface area contributed by atoms with E-state index in [1.54, 1.807) is 12.3 Å². The van der Waals surface area contributed by atoms with Crippen LogP contribution in [0.3, 0.4) is 0 Å². The van der Waals surface area contributed by atoms with Crippen molar-refractivity contribution >= 4 is 134 Å². The van der Waals surface area contributed by atoms with E-state index in [4.69, 9.17) is 30.3 Å². The second-order valence-corrected chi connectivity index (χ2v) is 35.9. The third-order valence-corrected chi connectivity index (χ3v) is 25.9. The third kappa shape index (κ3) is 31.0. The Labute approximate surface area is 811 Å². The highest BCUT2D eigenvalue weighted by Crippen LogP contribution is 2.39. The summed E-state index contributed by atoms with van der Waals surface area (Å²) in [5, 5.41) is 82.9. The first-order valence-electron chi connectivity index (χ1n) is 48.5. The van der Waals surface area contributed by atoms with Crippen LogP contribution < -0.4 is 0 Å². The number of esters is 1. The van der Waals surface area contributed by atoms with Crippen LogP contribution >= 0.6 is 0 Å². The van der Waals surface area contributed by atoms with Crippen LogP contribution in [0.5, 0.6) is 0 Å². The van der Waals surface area contributed by atoms with Crippen LogP contribution in [-0.4, -0.2) is 95.2 Å². The predicted molar refractivity (Wildman–Crippen MR) is 560 cm³/mol. The van der Waals surface area contributed by atoms with Gasteiger partial charge in [-0.25, -0.2) is 0 Å². The maximum Gasteiger partial charge on any atom is 0.309 e. The Kier molecular flexibility index (Phi) is 37.3. The lowest BCUT2D eigenvalue weighted by Crippen LogP contribution is -2.17. The first kappa shape index (κ1) is 99.5. The van der Waals surface area contributed by atoms with Gasteiger partial charge in [-0.05, 0) is 287 Å². The number of aryl methyl sites for hydroxylation is 8. The topological polar surface area (TPSA) is 281 Å². The van der Waals surface area contributed by atoms with E-state index in [-0.39, 0.29) is 37.6 Å². The molecule has 18 heteroatoms. The second kappa shape index (κ2) is 52.0. The molecular formula is C121H120N6O12. The fraction of sp³-hybridized carbons (Fsp3) is 0.248. The van der Waals surface area contributed by atoms with E-state index >= 15 is 0 Å². The molecule has 1 aromatic heterocycles. The molecule has 16 aromatic carbocycles. The monoisotopic (exact) mass is 1850 g/mol. The number of aromatic nitrogens is 3. The van der Waals surface area contributed by atoms with Gasteiger partial charge in [0.25, 0.3) is 0 Å². The van der Waals surface area contributed by atoms with E-state index in [1.165, 1.54) is 143 Å². The number of benzene rings is 16. The van der Waals surface area contributed by atoms with E-state index in [1.807, 2.05) is 89.8 Å². The molecule has 21 rings (SSSR count). The summed E-state index contributed by atoms with van der Waals surface area (Å²) in [5.41, 5.74) is 14.2. The van der Waals surface area contributed by atoms with E-state index < -0.39 is 29.8 Å². The fourth-order valence-corrected chi connectivity index (χ4v) is 18.6. The molecule has 0 amide bonds. The van der Waals surface area contributed by atoms with E-state index in [0.29, 0.717) is 44.2 Å². The molecule has 3 heterocycles. The van der Waals surface area contributed by atoms with Gasteiger partial charge in [-0.3, -0.25) is 33.4 Å². The highest BCUT2D eigenvalue weighted by molar-refractivity contribution is 5.91. The summed E-state index contributed by atoms with van der Waals surface area (Å²) in [6.45, 7) is 2.21. The fourth-order valence-electron chi connectivity index (χ4n) is 18.6. The molecule has 139 heavy (non-hydrogen) atoms. The number of hydrogen-bond acceptors (Lipinski definition) is 12. The summed E-state index contributed by atoms with van der Waals surface area (Å²) in [6.07, 6.45) is 26.5. The van der Waals surface area contributed by atoms with Crippen LogP contribution in [0.1, 0.15) is 164 Å². The number of carbonyl (C=O) groups is 6. The quantitative estimate of drug-likeness (QED) is 0.0300. The van der Waals surface area contributed by atoms with Crippen molar-refractivity contribution in [3.05, 3.63) is 402 Å². The van der Waals surface area contributed by atoms with Gasteiger partial charge in [-0.1, -0.05) is 339 Å². The molecule has 0 saturated carbocycles. The SMILES string of the molecule is O=C(O)C/C=C/c1ccc2ccccc2c1.O=C(O)CC1CCc2cc3ccccc3cc2C1.O=C(O)CCC1CCCc2c1ccc1ccccc21.O=C(O)CCCc1ccc2ccccc2c1.O=C(O)CCCc1cccc2ccccc12.O=C1OCCC1CCc1ccc2ccccc2c1.c1ccc2cc(CCCC3=NN=NC3)ccc2c1.c1ccc2cc(CCCn3ccnn3)ccc2c1. The molecular weight excluding hydrogens is 1730 g/mol. The Balaban J connectivity index is 0.000000127. The lowest BCUT2D eigenvalue weighted by Gasteiger charge is -2.26. The number of cyclic esters (lactones) is 1. The molecule has 1 fully saturated rings. The van der Waals surface area contributed by atoms with Gasteiger partial charge in [0, 0.05) is 38.4 Å². The minimum atomic E-state index is -0.808. The Morgan fingerprint density at radius 2 is 0.871 bits per heavy atom. The summed E-state index contributed by atoms with van der Waals surface area (Å²) < 4.78 is 6.86. The van der Waals surface area contributed by atoms with Crippen LogP contribution in [0.15, 0.2) is 361 Å². The van der Waals surface area contributed by atoms with E-state index in [0.717, 1.165) is 121 Å². The zero-order chi connectivity index (χ0) is 96.7. The maximum absolute atomic E-state index is 11.4. The van der Waals surface area contributed by atoms with Crippen molar-refractivity contribution in [2.45, 2.75) is 167 Å². The third-order valence-electron chi connectivity index (χ3n) is 25.9. The summed E-state index contributed by atoms with van der Waals surface area (Å²) >= 11 is 0. The van der Waals surface area contributed by atoms with Crippen molar-refractivity contribution < 1.29 is 59.0 Å². The van der Waals surface area contributed by atoms with E-state index in [2.05, 4.69) is 281 Å². The summed E-state index contributed by atoms with van der Waals surface area (Å²) in [7, 11) is 0. The largest absolute Gasteiger partial charge is 0.481 e. The molecule has 2 aliphatic heterocycles. The molecule has 3 unspecified atom stereocenters. The zero-order valence-corrected chi connectivity index (χ0v) is 78.6. The number of hydrogen-bond donors (Lipinski definition) is 5. The summed E-state index contributed by atoms with van der Waals surface area (Å²) in [5.74, 6) is -2.80. The average Bonchev–Trinajstić information content (AvgIpc) is 1.46. The number of carbonyl (C=O) groups excluding carboxylic acids is 1. The van der Waals surface area contributed by atoms with Crippen molar-refractivity contribution in [2.75, 3.05) is 13.2 Å². The van der Waals surface area contributed by atoms with Crippen LogP contribution in [0.25, 0.3) is 92.3 Å². The maximum atomic E-state index is 11.4. The molecule has 4 aliphatic rings. The van der Waals surface area contributed by atoms with Crippen LogP contribution in [0, 0.1) is 11.8 Å². The van der Waals surface area contributed by atoms with Crippen LogP contribution in [0.2, 0.25) is 0 Å². The Morgan fingerprint density at radius 3 is 1.39 bits per heavy atom. The van der Waals surface area contributed by atoms with Gasteiger partial charge in [0.1, 0.15) is 6.54 Å². The highest BCUT2D eigenvalue weighted by atomic mass is 16.5. The average molecular weight is 1850 g/mol. The van der Waals surface area contributed by atoms with E-state index in [9.17, 15) is 28.8 Å². The summed E-state index contributed by atoms with van der Waals surface area (Å²) in [6, 6.07) is 114. The zero-order valence-electron chi connectivity index (χ0n) is 78.6. The molecule has 0 radical (unpaired) electrons. The Bertz CT molecular complexity index is 7120. The van der Waals surface area contributed by atoms with Gasteiger partial charge in [-0.2, -0.15) is 5.11 Å². The van der Waals surface area contributed by atoms with Gasteiger partial charge in [0.15, 0.2) is 0 Å². The lowest BCUT2D eigenvalue weighted by molar-refractivity contribution is -0.141. The second-order valence-electron chi connectivity index (χ2n) is 35.9. The molecule has 1 saturated heterocycles. The predicted octanol–water partition coefficient (Wildman–Crippen LogP) is 27.7. The molecule has 3 atom stereocenters. The van der Waals surface area contributed by atoms with Crippen molar-refractivity contribution in [1.29, 1.82) is 0 Å². The van der Waals surface area contributed by atoms with Crippen LogP contribution in [0.4, 0.5) is 0 Å². The smallest absolute Gasteiger partial charge is 0.309 e. The molecule has 0 bridgehead atoms. The van der Waals surface area contributed by atoms with Gasteiger partial charge >= 0.3 is 35.8 Å². The first-order chi connectivity index (χ1) is 67.9. The molecule has 706 valence electrons.